The van der Waals surface area contributed by atoms with Crippen molar-refractivity contribution < 1.29 is 9.59 Å². The second kappa shape index (κ2) is 9.80. The number of piperidine rings is 1. The van der Waals surface area contributed by atoms with Crippen molar-refractivity contribution in [2.75, 3.05) is 20.1 Å². The molecule has 2 amide bonds. The molecule has 1 aromatic carbocycles. The van der Waals surface area contributed by atoms with Gasteiger partial charge in [0.25, 0.3) is 11.8 Å². The first-order valence-electron chi connectivity index (χ1n) is 11.2. The zero-order valence-corrected chi connectivity index (χ0v) is 18.7. The van der Waals surface area contributed by atoms with Crippen molar-refractivity contribution in [3.8, 4) is 0 Å². The SMILES string of the molecule is CCCn1cc(C(=O)N2CCC[C@@H](c3[nH]ncc3C(=O)N(C)Cc3ccccc3)C2)cn1. The van der Waals surface area contributed by atoms with E-state index in [0.717, 1.165) is 37.1 Å². The van der Waals surface area contributed by atoms with Gasteiger partial charge in [-0.25, -0.2) is 0 Å². The van der Waals surface area contributed by atoms with E-state index in [-0.39, 0.29) is 17.7 Å². The number of nitrogens with one attached hydrogen (secondary N) is 1. The van der Waals surface area contributed by atoms with Crippen molar-refractivity contribution in [2.45, 2.75) is 45.2 Å². The van der Waals surface area contributed by atoms with Crippen molar-refractivity contribution in [1.29, 1.82) is 0 Å². The summed E-state index contributed by atoms with van der Waals surface area (Å²) in [6.45, 7) is 4.68. The Bertz CT molecular complexity index is 1060. The van der Waals surface area contributed by atoms with E-state index in [1.807, 2.05) is 46.1 Å². The van der Waals surface area contributed by atoms with E-state index in [4.69, 9.17) is 0 Å². The molecule has 3 aromatic rings. The molecule has 0 unspecified atom stereocenters. The molecule has 3 heterocycles. The highest BCUT2D eigenvalue weighted by Gasteiger charge is 2.30. The normalized spacial score (nSPS) is 16.2. The molecular formula is C24H30N6O2. The lowest BCUT2D eigenvalue weighted by Crippen LogP contribution is -2.39. The Kier molecular flexibility index (Phi) is 6.68. The van der Waals surface area contributed by atoms with Gasteiger partial charge in [0.2, 0.25) is 0 Å². The van der Waals surface area contributed by atoms with Gasteiger partial charge >= 0.3 is 0 Å². The Morgan fingerprint density at radius 2 is 2.03 bits per heavy atom. The van der Waals surface area contributed by atoms with E-state index in [1.54, 1.807) is 24.3 Å². The van der Waals surface area contributed by atoms with Crippen LogP contribution in [0.5, 0.6) is 0 Å². The molecule has 1 fully saturated rings. The molecule has 0 saturated carbocycles. The average Bonchev–Trinajstić information content (AvgIpc) is 3.49. The summed E-state index contributed by atoms with van der Waals surface area (Å²) in [4.78, 5) is 29.8. The molecule has 0 bridgehead atoms. The number of aromatic amines is 1. The maximum absolute atomic E-state index is 13.1. The van der Waals surface area contributed by atoms with Gasteiger partial charge < -0.3 is 9.80 Å². The van der Waals surface area contributed by atoms with Crippen LogP contribution in [0.25, 0.3) is 0 Å². The summed E-state index contributed by atoms with van der Waals surface area (Å²) in [6.07, 6.45) is 7.82. The number of carbonyl (C=O) groups excluding carboxylic acids is 2. The standard InChI is InChI=1S/C24H30N6O2/c1-3-11-30-17-20(13-26-30)23(31)29-12-7-10-19(16-29)22-21(14-25-27-22)24(32)28(2)15-18-8-5-4-6-9-18/h4-6,8-9,13-14,17,19H,3,7,10-12,15-16H2,1-2H3,(H,25,27)/t19-/m1/s1. The van der Waals surface area contributed by atoms with Crippen molar-refractivity contribution >= 4 is 11.8 Å². The number of hydrogen-bond donors (Lipinski definition) is 1. The predicted octanol–water partition coefficient (Wildman–Crippen LogP) is 3.31. The molecule has 1 aliphatic heterocycles. The van der Waals surface area contributed by atoms with Crippen LogP contribution in [-0.4, -0.2) is 61.7 Å². The molecule has 1 N–H and O–H groups in total. The lowest BCUT2D eigenvalue weighted by atomic mass is 9.92. The van der Waals surface area contributed by atoms with Gasteiger partial charge in [-0.2, -0.15) is 10.2 Å². The number of rotatable bonds is 7. The van der Waals surface area contributed by atoms with Crippen LogP contribution in [0.2, 0.25) is 0 Å². The Morgan fingerprint density at radius 3 is 2.81 bits per heavy atom. The van der Waals surface area contributed by atoms with Gasteiger partial charge in [-0.05, 0) is 24.8 Å². The zero-order chi connectivity index (χ0) is 22.5. The molecule has 2 aromatic heterocycles. The molecule has 0 radical (unpaired) electrons. The number of H-pyrrole nitrogens is 1. The van der Waals surface area contributed by atoms with Gasteiger partial charge in [0.15, 0.2) is 0 Å². The summed E-state index contributed by atoms with van der Waals surface area (Å²) < 4.78 is 1.81. The van der Waals surface area contributed by atoms with Crippen molar-refractivity contribution in [1.82, 2.24) is 29.8 Å². The van der Waals surface area contributed by atoms with Gasteiger partial charge in [-0.15, -0.1) is 0 Å². The van der Waals surface area contributed by atoms with Gasteiger partial charge in [-0.3, -0.25) is 19.4 Å². The van der Waals surface area contributed by atoms with Crippen LogP contribution in [0.1, 0.15) is 64.1 Å². The first-order chi connectivity index (χ1) is 15.6. The second-order valence-corrected chi connectivity index (χ2v) is 8.43. The fourth-order valence-electron chi connectivity index (χ4n) is 4.32. The highest BCUT2D eigenvalue weighted by molar-refractivity contribution is 5.95. The maximum atomic E-state index is 13.1. The molecule has 0 aliphatic carbocycles. The van der Waals surface area contributed by atoms with Gasteiger partial charge in [-0.1, -0.05) is 37.3 Å². The number of likely N-dealkylation sites (tertiary alicyclic amines) is 1. The second-order valence-electron chi connectivity index (χ2n) is 8.43. The lowest BCUT2D eigenvalue weighted by molar-refractivity contribution is 0.0705. The number of carbonyl (C=O) groups is 2. The smallest absolute Gasteiger partial charge is 0.257 e. The molecule has 8 nitrogen and oxygen atoms in total. The Morgan fingerprint density at radius 1 is 1.22 bits per heavy atom. The van der Waals surface area contributed by atoms with E-state index in [9.17, 15) is 9.59 Å². The number of amides is 2. The fraction of sp³-hybridized carbons (Fsp3) is 0.417. The molecule has 1 aliphatic rings. The third-order valence-corrected chi connectivity index (χ3v) is 5.96. The summed E-state index contributed by atoms with van der Waals surface area (Å²) >= 11 is 0. The fourth-order valence-corrected chi connectivity index (χ4v) is 4.32. The highest BCUT2D eigenvalue weighted by atomic mass is 16.2. The van der Waals surface area contributed by atoms with Crippen LogP contribution >= 0.6 is 0 Å². The Hall–Kier alpha value is -3.42. The number of aromatic nitrogens is 4. The monoisotopic (exact) mass is 434 g/mol. The van der Waals surface area contributed by atoms with E-state index >= 15 is 0 Å². The van der Waals surface area contributed by atoms with Crippen LogP contribution in [0.15, 0.2) is 48.9 Å². The third-order valence-electron chi connectivity index (χ3n) is 5.96. The van der Waals surface area contributed by atoms with E-state index in [1.165, 1.54) is 0 Å². The molecule has 0 spiro atoms. The van der Waals surface area contributed by atoms with Crippen LogP contribution < -0.4 is 0 Å². The van der Waals surface area contributed by atoms with Crippen molar-refractivity contribution in [2.24, 2.45) is 0 Å². The Labute approximate surface area is 188 Å². The molecule has 168 valence electrons. The van der Waals surface area contributed by atoms with Crippen LogP contribution in [0.4, 0.5) is 0 Å². The van der Waals surface area contributed by atoms with Crippen LogP contribution in [0.3, 0.4) is 0 Å². The molecule has 4 rings (SSSR count). The summed E-state index contributed by atoms with van der Waals surface area (Å²) in [6, 6.07) is 9.91. The lowest BCUT2D eigenvalue weighted by Gasteiger charge is -2.32. The zero-order valence-electron chi connectivity index (χ0n) is 18.7. The first kappa shape index (κ1) is 21.8. The summed E-state index contributed by atoms with van der Waals surface area (Å²) in [7, 11) is 1.80. The van der Waals surface area contributed by atoms with E-state index < -0.39 is 0 Å². The molecule has 32 heavy (non-hydrogen) atoms. The number of nitrogens with zero attached hydrogens (tertiary/aromatic N) is 5. The number of aryl methyl sites for hydroxylation is 1. The molecule has 1 saturated heterocycles. The molecule has 1 atom stereocenters. The first-order valence-corrected chi connectivity index (χ1v) is 11.2. The maximum Gasteiger partial charge on any atom is 0.257 e. The molecular weight excluding hydrogens is 404 g/mol. The Balaban J connectivity index is 1.45. The summed E-state index contributed by atoms with van der Waals surface area (Å²) in [5, 5.41) is 11.5. The topological polar surface area (TPSA) is 87.1 Å². The summed E-state index contributed by atoms with van der Waals surface area (Å²) in [5.41, 5.74) is 3.08. The largest absolute Gasteiger partial charge is 0.338 e. The molecule has 8 heteroatoms. The minimum absolute atomic E-state index is 0.00867. The van der Waals surface area contributed by atoms with Gasteiger partial charge in [0.1, 0.15) is 0 Å². The van der Waals surface area contributed by atoms with Gasteiger partial charge in [0, 0.05) is 45.3 Å². The summed E-state index contributed by atoms with van der Waals surface area (Å²) in [5.74, 6) is -0.0301. The average molecular weight is 435 g/mol. The van der Waals surface area contributed by atoms with E-state index in [2.05, 4.69) is 22.2 Å². The minimum Gasteiger partial charge on any atom is -0.338 e. The quantitative estimate of drug-likeness (QED) is 0.618. The predicted molar refractivity (Wildman–Crippen MR) is 121 cm³/mol. The van der Waals surface area contributed by atoms with Crippen LogP contribution in [-0.2, 0) is 13.1 Å². The number of hydrogen-bond acceptors (Lipinski definition) is 4. The number of benzene rings is 1. The minimum atomic E-state index is -0.0677. The van der Waals surface area contributed by atoms with Crippen molar-refractivity contribution in [3.63, 3.8) is 0 Å². The van der Waals surface area contributed by atoms with Crippen molar-refractivity contribution in [3.05, 3.63) is 71.3 Å². The van der Waals surface area contributed by atoms with Gasteiger partial charge in [0.05, 0.1) is 29.2 Å². The van der Waals surface area contributed by atoms with Crippen LogP contribution in [0, 0.1) is 0 Å². The highest BCUT2D eigenvalue weighted by Crippen LogP contribution is 2.29. The third kappa shape index (κ3) is 4.74. The van der Waals surface area contributed by atoms with E-state index in [0.29, 0.717) is 30.8 Å².